The van der Waals surface area contributed by atoms with E-state index in [0.717, 1.165) is 19.3 Å². The van der Waals surface area contributed by atoms with Gasteiger partial charge in [-0.15, -0.1) is 0 Å². The van der Waals surface area contributed by atoms with Crippen LogP contribution in [0.5, 0.6) is 0 Å². The highest BCUT2D eigenvalue weighted by Gasteiger charge is 2.04. The van der Waals surface area contributed by atoms with Crippen molar-refractivity contribution in [3.63, 3.8) is 0 Å². The molecule has 5 nitrogen and oxygen atoms in total. The van der Waals surface area contributed by atoms with E-state index in [1.807, 2.05) is 0 Å². The highest BCUT2D eigenvalue weighted by molar-refractivity contribution is 5.78. The molecule has 0 atom stereocenters. The molecule has 0 unspecified atom stereocenters. The molecule has 17 heavy (non-hydrogen) atoms. The number of aromatic nitrogens is 2. The Morgan fingerprint density at radius 3 is 2.82 bits per heavy atom. The highest BCUT2D eigenvalue weighted by Crippen LogP contribution is 2.05. The zero-order valence-corrected chi connectivity index (χ0v) is 10.2. The quantitative estimate of drug-likeness (QED) is 0.702. The summed E-state index contributed by atoms with van der Waals surface area (Å²) in [5, 5.41) is 0. The summed E-state index contributed by atoms with van der Waals surface area (Å²) in [6.45, 7) is 2.10. The van der Waals surface area contributed by atoms with Crippen LogP contribution in [0, 0.1) is 0 Å². The molecule has 0 bridgehead atoms. The number of unbranched alkanes of at least 4 members (excludes halogenated alkanes) is 2. The number of hydrogen-bond donors (Lipinski definition) is 2. The van der Waals surface area contributed by atoms with Gasteiger partial charge in [-0.3, -0.25) is 14.6 Å². The second kappa shape index (κ2) is 6.83. The first-order chi connectivity index (χ1) is 8.11. The normalized spacial score (nSPS) is 10.4. The van der Waals surface area contributed by atoms with E-state index in [9.17, 15) is 9.59 Å². The predicted molar refractivity (Wildman–Crippen MR) is 66.7 cm³/mol. The van der Waals surface area contributed by atoms with Gasteiger partial charge in [0.05, 0.1) is 5.69 Å². The molecule has 0 radical (unpaired) electrons. The molecule has 0 spiro atoms. The van der Waals surface area contributed by atoms with Gasteiger partial charge in [-0.1, -0.05) is 19.8 Å². The molecule has 0 fully saturated rings. The number of aryl methyl sites for hydroxylation is 1. The van der Waals surface area contributed by atoms with Crippen molar-refractivity contribution in [2.45, 2.75) is 45.4 Å². The van der Waals surface area contributed by atoms with Crippen molar-refractivity contribution < 1.29 is 4.79 Å². The van der Waals surface area contributed by atoms with Crippen LogP contribution in [-0.4, -0.2) is 15.8 Å². The second-order valence-electron chi connectivity index (χ2n) is 4.12. The Balaban J connectivity index is 2.39. The van der Waals surface area contributed by atoms with E-state index in [-0.39, 0.29) is 17.3 Å². The van der Waals surface area contributed by atoms with Gasteiger partial charge < -0.3 is 5.73 Å². The van der Waals surface area contributed by atoms with Crippen LogP contribution in [-0.2, 0) is 11.2 Å². The topological polar surface area (TPSA) is 88.8 Å². The number of Topliss-reactive ketones (excluding diaryl/α,β-unsaturated/α-hetero) is 1. The summed E-state index contributed by atoms with van der Waals surface area (Å²) in [6, 6.07) is 1.38. The fourth-order valence-corrected chi connectivity index (χ4v) is 1.62. The zero-order valence-electron chi connectivity index (χ0n) is 10.2. The summed E-state index contributed by atoms with van der Waals surface area (Å²) in [4.78, 5) is 29.0. The number of nitrogens with one attached hydrogen (secondary N) is 1. The lowest BCUT2D eigenvalue weighted by atomic mass is 10.1. The molecule has 94 valence electrons. The number of nitrogen functional groups attached to an aromatic ring is 1. The molecule has 0 aliphatic carbocycles. The molecule has 0 aliphatic rings. The van der Waals surface area contributed by atoms with Crippen molar-refractivity contribution in [1.82, 2.24) is 9.97 Å². The molecular weight excluding hydrogens is 218 g/mol. The van der Waals surface area contributed by atoms with Crippen LogP contribution in [0.15, 0.2) is 10.9 Å². The Morgan fingerprint density at radius 1 is 1.41 bits per heavy atom. The lowest BCUT2D eigenvalue weighted by Crippen LogP contribution is -2.12. The number of anilines is 1. The highest BCUT2D eigenvalue weighted by atomic mass is 16.1. The fourth-order valence-electron chi connectivity index (χ4n) is 1.62. The summed E-state index contributed by atoms with van der Waals surface area (Å²) >= 11 is 0. The van der Waals surface area contributed by atoms with Gasteiger partial charge in [-0.25, -0.2) is 4.98 Å². The molecule has 1 rings (SSSR count). The molecule has 0 aromatic carbocycles. The SMILES string of the molecule is CCCCCC(=O)CCc1cc(=O)[nH]c(N)n1. The Morgan fingerprint density at radius 2 is 2.18 bits per heavy atom. The monoisotopic (exact) mass is 237 g/mol. The van der Waals surface area contributed by atoms with Gasteiger partial charge in [0.2, 0.25) is 5.95 Å². The lowest BCUT2D eigenvalue weighted by molar-refractivity contribution is -0.119. The van der Waals surface area contributed by atoms with Crippen molar-refractivity contribution in [2.75, 3.05) is 5.73 Å². The van der Waals surface area contributed by atoms with E-state index >= 15 is 0 Å². The fraction of sp³-hybridized carbons (Fsp3) is 0.583. The summed E-state index contributed by atoms with van der Waals surface area (Å²) < 4.78 is 0. The van der Waals surface area contributed by atoms with Crippen molar-refractivity contribution >= 4 is 11.7 Å². The van der Waals surface area contributed by atoms with E-state index in [2.05, 4.69) is 16.9 Å². The van der Waals surface area contributed by atoms with Crippen molar-refractivity contribution in [1.29, 1.82) is 0 Å². The van der Waals surface area contributed by atoms with Crippen molar-refractivity contribution in [3.8, 4) is 0 Å². The predicted octanol–water partition coefficient (Wildman–Crippen LogP) is 1.43. The average molecular weight is 237 g/mol. The van der Waals surface area contributed by atoms with Gasteiger partial charge in [-0.05, 0) is 12.8 Å². The Hall–Kier alpha value is -1.65. The molecule has 1 heterocycles. The standard InChI is InChI=1S/C12H19N3O2/c1-2-3-4-5-10(16)7-6-9-8-11(17)15-12(13)14-9/h8H,2-7H2,1H3,(H3,13,14,15,17). The number of rotatable bonds is 7. The molecule has 0 aliphatic heterocycles. The van der Waals surface area contributed by atoms with Crippen LogP contribution in [0.2, 0.25) is 0 Å². The van der Waals surface area contributed by atoms with Crippen molar-refractivity contribution in [3.05, 3.63) is 22.1 Å². The van der Waals surface area contributed by atoms with Gasteiger partial charge >= 0.3 is 0 Å². The Kier molecular flexibility index (Phi) is 5.39. The molecule has 5 heteroatoms. The largest absolute Gasteiger partial charge is 0.369 e. The molecule has 1 aromatic heterocycles. The Bertz CT molecular complexity index is 426. The van der Waals surface area contributed by atoms with Crippen molar-refractivity contribution in [2.24, 2.45) is 0 Å². The van der Waals surface area contributed by atoms with E-state index in [1.165, 1.54) is 6.07 Å². The minimum Gasteiger partial charge on any atom is -0.369 e. The number of H-pyrrole nitrogens is 1. The zero-order chi connectivity index (χ0) is 12.7. The lowest BCUT2D eigenvalue weighted by Gasteiger charge is -2.01. The molecule has 3 N–H and O–H groups in total. The third-order valence-electron chi connectivity index (χ3n) is 2.53. The number of aromatic amines is 1. The van der Waals surface area contributed by atoms with Crippen LogP contribution >= 0.6 is 0 Å². The van der Waals surface area contributed by atoms with Crippen LogP contribution < -0.4 is 11.3 Å². The molecule has 0 saturated carbocycles. The number of carbonyl (C=O) groups excluding carboxylic acids is 1. The summed E-state index contributed by atoms with van der Waals surface area (Å²) in [5.41, 5.74) is 5.72. The molecule has 0 saturated heterocycles. The maximum atomic E-state index is 11.5. The van der Waals surface area contributed by atoms with Crippen LogP contribution in [0.1, 0.15) is 44.7 Å². The van der Waals surface area contributed by atoms with E-state index in [0.29, 0.717) is 25.0 Å². The number of ketones is 1. The van der Waals surface area contributed by atoms with E-state index in [1.54, 1.807) is 0 Å². The maximum Gasteiger partial charge on any atom is 0.252 e. The molecular formula is C12H19N3O2. The number of nitrogens with zero attached hydrogens (tertiary/aromatic N) is 1. The van der Waals surface area contributed by atoms with Gasteiger partial charge in [0.15, 0.2) is 0 Å². The number of hydrogen-bond acceptors (Lipinski definition) is 4. The minimum absolute atomic E-state index is 0.103. The minimum atomic E-state index is -0.272. The Labute approximate surface area is 100 Å². The van der Waals surface area contributed by atoms with Crippen LogP contribution in [0.4, 0.5) is 5.95 Å². The second-order valence-corrected chi connectivity index (χ2v) is 4.12. The summed E-state index contributed by atoms with van der Waals surface area (Å²) in [6.07, 6.45) is 4.67. The van der Waals surface area contributed by atoms with E-state index in [4.69, 9.17) is 5.73 Å². The van der Waals surface area contributed by atoms with E-state index < -0.39 is 0 Å². The number of carbonyl (C=O) groups is 1. The average Bonchev–Trinajstić information content (AvgIpc) is 2.25. The first kappa shape index (κ1) is 13.4. The third-order valence-corrected chi connectivity index (χ3v) is 2.53. The van der Waals surface area contributed by atoms with Crippen LogP contribution in [0.3, 0.4) is 0 Å². The first-order valence-electron chi connectivity index (χ1n) is 5.99. The van der Waals surface area contributed by atoms with Gasteiger partial charge in [0.25, 0.3) is 5.56 Å². The smallest absolute Gasteiger partial charge is 0.252 e. The van der Waals surface area contributed by atoms with Crippen LogP contribution in [0.25, 0.3) is 0 Å². The first-order valence-corrected chi connectivity index (χ1v) is 5.99. The third kappa shape index (κ3) is 5.29. The molecule has 0 amide bonds. The maximum absolute atomic E-state index is 11.5. The van der Waals surface area contributed by atoms with Gasteiger partial charge in [0.1, 0.15) is 5.78 Å². The summed E-state index contributed by atoms with van der Waals surface area (Å²) in [7, 11) is 0. The van der Waals surface area contributed by atoms with Gasteiger partial charge in [-0.2, -0.15) is 0 Å². The number of nitrogens with two attached hydrogens (primary N) is 1. The summed E-state index contributed by atoms with van der Waals surface area (Å²) in [5.74, 6) is 0.324. The molecule has 1 aromatic rings. The van der Waals surface area contributed by atoms with Gasteiger partial charge in [0, 0.05) is 18.9 Å².